The van der Waals surface area contributed by atoms with E-state index in [1.807, 2.05) is 13.8 Å². The third kappa shape index (κ3) is 8.54. The Morgan fingerprint density at radius 2 is 1.94 bits per heavy atom. The number of rotatable bonds is 10. The Hall–Kier alpha value is -0.170. The van der Waals surface area contributed by atoms with Gasteiger partial charge in [-0.2, -0.15) is 0 Å². The first kappa shape index (κ1) is 16.8. The summed E-state index contributed by atoms with van der Waals surface area (Å²) in [5, 5.41) is 3.21. The van der Waals surface area contributed by atoms with Crippen LogP contribution in [0.25, 0.3) is 0 Å². The van der Waals surface area contributed by atoms with Crippen molar-refractivity contribution in [3.63, 3.8) is 0 Å². The van der Waals surface area contributed by atoms with Gasteiger partial charge in [0.15, 0.2) is 0 Å². The lowest BCUT2D eigenvalue weighted by atomic mass is 10.4. The molecule has 0 amide bonds. The van der Waals surface area contributed by atoms with E-state index in [0.29, 0.717) is 25.6 Å². The number of methoxy groups -OCH3 is 1. The Morgan fingerprint density at radius 1 is 1.29 bits per heavy atom. The Bertz CT molecular complexity index is 278. The Morgan fingerprint density at radius 3 is 2.47 bits per heavy atom. The summed E-state index contributed by atoms with van der Waals surface area (Å²) in [7, 11) is 0.142. The molecule has 0 fully saturated rings. The molecule has 0 saturated carbocycles. The first-order valence-corrected chi connectivity index (χ1v) is 7.67. The molecule has 0 unspecified atom stereocenters. The molecule has 0 atom stereocenters. The van der Waals surface area contributed by atoms with Gasteiger partial charge >= 0.3 is 0 Å². The molecule has 5 nitrogen and oxygen atoms in total. The fraction of sp³-hybridized carbons (Fsp3) is 1.00. The summed E-state index contributed by atoms with van der Waals surface area (Å²) in [6, 6.07) is 0.400. The Balaban J connectivity index is 3.85. The Labute approximate surface area is 106 Å². The van der Waals surface area contributed by atoms with Crippen LogP contribution in [0.5, 0.6) is 0 Å². The van der Waals surface area contributed by atoms with Crippen LogP contribution in [0.4, 0.5) is 0 Å². The van der Waals surface area contributed by atoms with Crippen LogP contribution in [-0.4, -0.2) is 58.4 Å². The molecule has 0 saturated heterocycles. The summed E-state index contributed by atoms with van der Waals surface area (Å²) in [4.78, 5) is 0. The molecular weight excluding hydrogens is 240 g/mol. The average molecular weight is 266 g/mol. The normalized spacial score (nSPS) is 12.6. The second-order valence-corrected chi connectivity index (χ2v) is 6.64. The first-order valence-electron chi connectivity index (χ1n) is 6.06. The predicted octanol–water partition coefficient (Wildman–Crippen LogP) is 0.673. The number of sulfonamides is 1. The number of hydrogen-bond donors (Lipinski definition) is 1. The van der Waals surface area contributed by atoms with Crippen molar-refractivity contribution in [2.24, 2.45) is 0 Å². The zero-order valence-electron chi connectivity index (χ0n) is 11.4. The number of hydrogen-bond acceptors (Lipinski definition) is 4. The van der Waals surface area contributed by atoms with Crippen LogP contribution in [0.2, 0.25) is 0 Å². The maximum atomic E-state index is 11.8. The van der Waals surface area contributed by atoms with Crippen LogP contribution in [0.15, 0.2) is 0 Å². The molecule has 0 bridgehead atoms. The van der Waals surface area contributed by atoms with E-state index in [0.717, 1.165) is 13.0 Å². The molecule has 0 aromatic rings. The molecule has 0 aliphatic heterocycles. The van der Waals surface area contributed by atoms with Crippen LogP contribution >= 0.6 is 0 Å². The minimum Gasteiger partial charge on any atom is -0.385 e. The van der Waals surface area contributed by atoms with E-state index in [4.69, 9.17) is 4.74 Å². The molecule has 0 rings (SSSR count). The lowest BCUT2D eigenvalue weighted by Gasteiger charge is -2.17. The van der Waals surface area contributed by atoms with Gasteiger partial charge in [0, 0.05) is 33.4 Å². The summed E-state index contributed by atoms with van der Waals surface area (Å²) >= 11 is 0. The summed E-state index contributed by atoms with van der Waals surface area (Å²) in [6.45, 7) is 5.95. The van der Waals surface area contributed by atoms with Crippen molar-refractivity contribution in [3.05, 3.63) is 0 Å². The van der Waals surface area contributed by atoms with Crippen molar-refractivity contribution >= 4 is 10.0 Å². The van der Waals surface area contributed by atoms with E-state index in [2.05, 4.69) is 5.32 Å². The number of nitrogens with one attached hydrogen (secondary N) is 1. The molecule has 0 aliphatic carbocycles. The van der Waals surface area contributed by atoms with Gasteiger partial charge in [-0.05, 0) is 19.4 Å². The van der Waals surface area contributed by atoms with Gasteiger partial charge in [-0.1, -0.05) is 13.8 Å². The number of nitrogens with zero attached hydrogens (tertiary/aromatic N) is 1. The zero-order valence-corrected chi connectivity index (χ0v) is 12.2. The Kier molecular flexibility index (Phi) is 8.77. The molecule has 104 valence electrons. The highest BCUT2D eigenvalue weighted by Gasteiger charge is 2.16. The van der Waals surface area contributed by atoms with E-state index in [9.17, 15) is 8.42 Å². The highest BCUT2D eigenvalue weighted by molar-refractivity contribution is 7.89. The summed E-state index contributed by atoms with van der Waals surface area (Å²) in [5.41, 5.74) is 0. The van der Waals surface area contributed by atoms with Gasteiger partial charge in [0.25, 0.3) is 0 Å². The first-order chi connectivity index (χ1) is 7.90. The molecule has 6 heteroatoms. The molecule has 1 N–H and O–H groups in total. The maximum Gasteiger partial charge on any atom is 0.213 e. The minimum absolute atomic E-state index is 0.205. The van der Waals surface area contributed by atoms with Crippen molar-refractivity contribution in [1.29, 1.82) is 0 Å². The standard InChI is InChI=1S/C11H26N2O3S/c1-11(2)12-7-5-10-17(14,15)13(3)8-6-9-16-4/h11-12H,5-10H2,1-4H3. The summed E-state index contributed by atoms with van der Waals surface area (Å²) in [6.07, 6.45) is 1.38. The minimum atomic E-state index is -3.10. The predicted molar refractivity (Wildman–Crippen MR) is 70.7 cm³/mol. The molecule has 0 radical (unpaired) electrons. The van der Waals surface area contributed by atoms with Gasteiger partial charge < -0.3 is 10.1 Å². The van der Waals surface area contributed by atoms with Gasteiger partial charge in [0.1, 0.15) is 0 Å². The molecule has 17 heavy (non-hydrogen) atoms. The van der Waals surface area contributed by atoms with E-state index in [1.165, 1.54) is 4.31 Å². The summed E-state index contributed by atoms with van der Waals surface area (Å²) in [5.74, 6) is 0.205. The van der Waals surface area contributed by atoms with Crippen LogP contribution in [-0.2, 0) is 14.8 Å². The van der Waals surface area contributed by atoms with Crippen molar-refractivity contribution in [1.82, 2.24) is 9.62 Å². The monoisotopic (exact) mass is 266 g/mol. The van der Waals surface area contributed by atoms with E-state index in [-0.39, 0.29) is 5.75 Å². The molecular formula is C11H26N2O3S. The molecule has 0 aliphatic rings. The van der Waals surface area contributed by atoms with Crippen molar-refractivity contribution in [2.75, 3.05) is 39.6 Å². The highest BCUT2D eigenvalue weighted by atomic mass is 32.2. The van der Waals surface area contributed by atoms with Gasteiger partial charge in [-0.25, -0.2) is 12.7 Å². The van der Waals surface area contributed by atoms with Crippen molar-refractivity contribution in [2.45, 2.75) is 32.7 Å². The van der Waals surface area contributed by atoms with Crippen molar-refractivity contribution < 1.29 is 13.2 Å². The largest absolute Gasteiger partial charge is 0.385 e. The van der Waals surface area contributed by atoms with Gasteiger partial charge in [-0.3, -0.25) is 0 Å². The van der Waals surface area contributed by atoms with Gasteiger partial charge in [-0.15, -0.1) is 0 Å². The molecule has 0 aromatic carbocycles. The van der Waals surface area contributed by atoms with Crippen LogP contribution in [0.3, 0.4) is 0 Å². The lowest BCUT2D eigenvalue weighted by Crippen LogP contribution is -2.32. The average Bonchev–Trinajstić information content (AvgIpc) is 2.24. The number of ether oxygens (including phenoxy) is 1. The quantitative estimate of drug-likeness (QED) is 0.591. The second kappa shape index (κ2) is 8.85. The molecule has 0 aromatic heterocycles. The van der Waals surface area contributed by atoms with E-state index < -0.39 is 10.0 Å². The van der Waals surface area contributed by atoms with Crippen LogP contribution in [0.1, 0.15) is 26.7 Å². The van der Waals surface area contributed by atoms with Gasteiger partial charge in [0.2, 0.25) is 10.0 Å². The fourth-order valence-corrected chi connectivity index (χ4v) is 2.60. The summed E-state index contributed by atoms with van der Waals surface area (Å²) < 4.78 is 30.0. The fourth-order valence-electron chi connectivity index (χ4n) is 1.37. The van der Waals surface area contributed by atoms with Crippen LogP contribution < -0.4 is 5.32 Å². The third-order valence-electron chi connectivity index (χ3n) is 2.43. The van der Waals surface area contributed by atoms with Gasteiger partial charge in [0.05, 0.1) is 5.75 Å². The third-order valence-corrected chi connectivity index (χ3v) is 4.36. The molecule has 0 spiro atoms. The second-order valence-electron chi connectivity index (χ2n) is 4.45. The van der Waals surface area contributed by atoms with E-state index >= 15 is 0 Å². The van der Waals surface area contributed by atoms with Crippen LogP contribution in [0, 0.1) is 0 Å². The maximum absolute atomic E-state index is 11.8. The van der Waals surface area contributed by atoms with Crippen molar-refractivity contribution in [3.8, 4) is 0 Å². The molecule has 0 heterocycles. The van der Waals surface area contributed by atoms with E-state index in [1.54, 1.807) is 14.2 Å². The SMILES string of the molecule is COCCCN(C)S(=O)(=O)CCCNC(C)C. The lowest BCUT2D eigenvalue weighted by molar-refractivity contribution is 0.189. The highest BCUT2D eigenvalue weighted by Crippen LogP contribution is 2.01. The topological polar surface area (TPSA) is 58.6 Å². The zero-order chi connectivity index (χ0) is 13.3. The smallest absolute Gasteiger partial charge is 0.213 e.